The minimum absolute atomic E-state index is 0.390. The van der Waals surface area contributed by atoms with Crippen molar-refractivity contribution in [2.45, 2.75) is 6.04 Å². The van der Waals surface area contributed by atoms with Crippen molar-refractivity contribution in [3.05, 3.63) is 52.5 Å². The summed E-state index contributed by atoms with van der Waals surface area (Å²) in [4.78, 5) is 8.51. The number of hydrogen-bond acceptors (Lipinski definition) is 4. The molecule has 0 aliphatic carbocycles. The molecule has 5 heteroatoms. The topological polar surface area (TPSA) is 61.0 Å². The van der Waals surface area contributed by atoms with Crippen LogP contribution >= 0.6 is 15.9 Å². The summed E-state index contributed by atoms with van der Waals surface area (Å²) in [6, 6.07) is 7.02. The number of hydrogen-bond donors (Lipinski definition) is 1. The number of halogens is 1. The summed E-state index contributed by atoms with van der Waals surface area (Å²) >= 11 is 3.34. The maximum Gasteiger partial charge on any atom is 0.142 e. The van der Waals surface area contributed by atoms with Gasteiger partial charge in [-0.1, -0.05) is 0 Å². The van der Waals surface area contributed by atoms with Gasteiger partial charge in [-0.3, -0.25) is 9.97 Å². The lowest BCUT2D eigenvalue weighted by molar-refractivity contribution is 0.404. The smallest absolute Gasteiger partial charge is 0.142 e. The van der Waals surface area contributed by atoms with E-state index in [0.717, 1.165) is 10.2 Å². The Morgan fingerprint density at radius 1 is 1.29 bits per heavy atom. The van der Waals surface area contributed by atoms with Crippen LogP contribution in [0, 0.1) is 0 Å². The zero-order valence-corrected chi connectivity index (χ0v) is 10.9. The number of aromatic nitrogens is 2. The van der Waals surface area contributed by atoms with Crippen LogP contribution < -0.4 is 10.5 Å². The van der Waals surface area contributed by atoms with Crippen LogP contribution in [0.4, 0.5) is 0 Å². The van der Waals surface area contributed by atoms with Crippen LogP contribution in [-0.4, -0.2) is 17.1 Å². The third-order valence-electron chi connectivity index (χ3n) is 2.38. The average molecular weight is 294 g/mol. The normalized spacial score (nSPS) is 12.2. The van der Waals surface area contributed by atoms with E-state index in [2.05, 4.69) is 25.9 Å². The Bertz CT molecular complexity index is 501. The lowest BCUT2D eigenvalue weighted by atomic mass is 10.1. The minimum Gasteiger partial charge on any atom is -0.495 e. The van der Waals surface area contributed by atoms with Gasteiger partial charge in [0.25, 0.3) is 0 Å². The zero-order valence-electron chi connectivity index (χ0n) is 9.30. The number of nitrogens with zero attached hydrogens (tertiary/aromatic N) is 2. The first-order chi connectivity index (χ1) is 8.22. The highest BCUT2D eigenvalue weighted by atomic mass is 79.9. The molecule has 0 spiro atoms. The lowest BCUT2D eigenvalue weighted by Gasteiger charge is -2.13. The van der Waals surface area contributed by atoms with E-state index in [9.17, 15) is 0 Å². The molecular formula is C12H12BrN3O. The maximum absolute atomic E-state index is 6.12. The van der Waals surface area contributed by atoms with E-state index in [-0.39, 0.29) is 6.04 Å². The molecule has 88 valence electrons. The van der Waals surface area contributed by atoms with Crippen LogP contribution in [0.1, 0.15) is 17.4 Å². The molecule has 0 aliphatic rings. The molecule has 0 saturated carbocycles. The van der Waals surface area contributed by atoms with Crippen molar-refractivity contribution in [1.29, 1.82) is 0 Å². The average Bonchev–Trinajstić information content (AvgIpc) is 2.39. The molecule has 4 nitrogen and oxygen atoms in total. The molecule has 0 aliphatic heterocycles. The van der Waals surface area contributed by atoms with Gasteiger partial charge in [0.05, 0.1) is 18.8 Å². The van der Waals surface area contributed by atoms with Crippen LogP contribution in [-0.2, 0) is 0 Å². The Hall–Kier alpha value is -1.46. The summed E-state index contributed by atoms with van der Waals surface area (Å²) in [5.41, 5.74) is 7.56. The van der Waals surface area contributed by atoms with E-state index in [0.29, 0.717) is 11.4 Å². The fourth-order valence-electron chi connectivity index (χ4n) is 1.52. The van der Waals surface area contributed by atoms with Gasteiger partial charge in [-0.2, -0.15) is 0 Å². The molecule has 2 aromatic rings. The van der Waals surface area contributed by atoms with Crippen LogP contribution in [0.25, 0.3) is 0 Å². The SMILES string of the molecule is COc1cccnc1C(N)c1ccc(Br)cn1. The fourth-order valence-corrected chi connectivity index (χ4v) is 1.75. The Balaban J connectivity index is 2.36. The second-order valence-electron chi connectivity index (χ2n) is 3.47. The van der Waals surface area contributed by atoms with Crippen molar-refractivity contribution >= 4 is 15.9 Å². The van der Waals surface area contributed by atoms with E-state index in [1.54, 1.807) is 19.5 Å². The predicted octanol–water partition coefficient (Wildman–Crippen LogP) is 2.30. The molecule has 0 saturated heterocycles. The highest BCUT2D eigenvalue weighted by Crippen LogP contribution is 2.25. The van der Waals surface area contributed by atoms with Crippen molar-refractivity contribution in [2.24, 2.45) is 5.73 Å². The number of nitrogens with two attached hydrogens (primary N) is 1. The van der Waals surface area contributed by atoms with Gasteiger partial charge in [-0.25, -0.2) is 0 Å². The van der Waals surface area contributed by atoms with Gasteiger partial charge in [0.1, 0.15) is 11.4 Å². The molecule has 2 heterocycles. The summed E-state index contributed by atoms with van der Waals surface area (Å²) in [5, 5.41) is 0. The third kappa shape index (κ3) is 2.62. The van der Waals surface area contributed by atoms with Crippen molar-refractivity contribution in [2.75, 3.05) is 7.11 Å². The van der Waals surface area contributed by atoms with Crippen LogP contribution in [0.5, 0.6) is 5.75 Å². The molecule has 0 aromatic carbocycles. The Kier molecular flexibility index (Phi) is 3.71. The number of ether oxygens (including phenoxy) is 1. The summed E-state index contributed by atoms with van der Waals surface area (Å²) in [6.45, 7) is 0. The second-order valence-corrected chi connectivity index (χ2v) is 4.39. The number of rotatable bonds is 3. The minimum atomic E-state index is -0.390. The molecule has 2 rings (SSSR count). The maximum atomic E-state index is 6.12. The number of pyridine rings is 2. The second kappa shape index (κ2) is 5.25. The van der Waals surface area contributed by atoms with Crippen molar-refractivity contribution in [1.82, 2.24) is 9.97 Å². The van der Waals surface area contributed by atoms with E-state index in [4.69, 9.17) is 10.5 Å². The molecule has 0 radical (unpaired) electrons. The molecule has 2 N–H and O–H groups in total. The van der Waals surface area contributed by atoms with Gasteiger partial charge in [0.2, 0.25) is 0 Å². The quantitative estimate of drug-likeness (QED) is 0.943. The highest BCUT2D eigenvalue weighted by molar-refractivity contribution is 9.10. The molecular weight excluding hydrogens is 282 g/mol. The van der Waals surface area contributed by atoms with Gasteiger partial charge < -0.3 is 10.5 Å². The van der Waals surface area contributed by atoms with Gasteiger partial charge in [0.15, 0.2) is 0 Å². The highest BCUT2D eigenvalue weighted by Gasteiger charge is 2.16. The van der Waals surface area contributed by atoms with Gasteiger partial charge in [-0.15, -0.1) is 0 Å². The fraction of sp³-hybridized carbons (Fsp3) is 0.167. The zero-order chi connectivity index (χ0) is 12.3. The van der Waals surface area contributed by atoms with Gasteiger partial charge in [0, 0.05) is 16.9 Å². The third-order valence-corrected chi connectivity index (χ3v) is 2.85. The molecule has 0 bridgehead atoms. The van der Waals surface area contributed by atoms with E-state index < -0.39 is 0 Å². The van der Waals surface area contributed by atoms with Gasteiger partial charge >= 0.3 is 0 Å². The van der Waals surface area contributed by atoms with E-state index in [1.165, 1.54) is 0 Å². The standard InChI is InChI=1S/C12H12BrN3O/c1-17-10-3-2-6-15-12(10)11(14)9-5-4-8(13)7-16-9/h2-7,11H,14H2,1H3. The van der Waals surface area contributed by atoms with Crippen LogP contribution in [0.3, 0.4) is 0 Å². The molecule has 0 amide bonds. The lowest BCUT2D eigenvalue weighted by Crippen LogP contribution is -2.16. The van der Waals surface area contributed by atoms with E-state index >= 15 is 0 Å². The Morgan fingerprint density at radius 3 is 2.76 bits per heavy atom. The Labute approximate surface area is 108 Å². The van der Waals surface area contributed by atoms with Crippen LogP contribution in [0.15, 0.2) is 41.1 Å². The van der Waals surface area contributed by atoms with Gasteiger partial charge in [-0.05, 0) is 40.2 Å². The van der Waals surface area contributed by atoms with Crippen molar-refractivity contribution in [3.8, 4) is 5.75 Å². The summed E-state index contributed by atoms with van der Waals surface area (Å²) in [6.07, 6.45) is 3.40. The Morgan fingerprint density at radius 2 is 2.12 bits per heavy atom. The first-order valence-corrected chi connectivity index (χ1v) is 5.87. The van der Waals surface area contributed by atoms with E-state index in [1.807, 2.05) is 24.3 Å². The molecule has 17 heavy (non-hydrogen) atoms. The summed E-state index contributed by atoms with van der Waals surface area (Å²) < 4.78 is 6.15. The first-order valence-electron chi connectivity index (χ1n) is 5.08. The monoisotopic (exact) mass is 293 g/mol. The summed E-state index contributed by atoms with van der Waals surface area (Å²) in [7, 11) is 1.60. The van der Waals surface area contributed by atoms with Crippen molar-refractivity contribution in [3.63, 3.8) is 0 Å². The van der Waals surface area contributed by atoms with Crippen LogP contribution in [0.2, 0.25) is 0 Å². The van der Waals surface area contributed by atoms with Crippen molar-refractivity contribution < 1.29 is 4.74 Å². The molecule has 0 fully saturated rings. The molecule has 1 atom stereocenters. The largest absolute Gasteiger partial charge is 0.495 e. The predicted molar refractivity (Wildman–Crippen MR) is 68.8 cm³/mol. The summed E-state index contributed by atoms with van der Waals surface area (Å²) in [5.74, 6) is 0.671. The first kappa shape index (κ1) is 12.0. The molecule has 1 unspecified atom stereocenters. The number of methoxy groups -OCH3 is 1. The molecule has 2 aromatic heterocycles.